The first-order valence-electron chi connectivity index (χ1n) is 11.8. The summed E-state index contributed by atoms with van der Waals surface area (Å²) in [5.41, 5.74) is 1.27. The van der Waals surface area contributed by atoms with Gasteiger partial charge in [0.25, 0.3) is 5.91 Å². The second kappa shape index (κ2) is 10.5. The molecule has 0 radical (unpaired) electrons. The average Bonchev–Trinajstić information content (AvgIpc) is 3.20. The van der Waals surface area contributed by atoms with Gasteiger partial charge in [0.2, 0.25) is 10.0 Å². The molecule has 9 nitrogen and oxygen atoms in total. The largest absolute Gasteiger partial charge is 0.481 e. The van der Waals surface area contributed by atoms with Crippen molar-refractivity contribution in [2.75, 3.05) is 16.6 Å². The summed E-state index contributed by atoms with van der Waals surface area (Å²) in [5.74, 6) is -1.94. The number of aromatic nitrogens is 1. The topological polar surface area (TPSA) is 117 Å². The van der Waals surface area contributed by atoms with Gasteiger partial charge in [-0.1, -0.05) is 53.5 Å². The number of hydrogen-bond donors (Lipinski definition) is 1. The highest BCUT2D eigenvalue weighted by atomic mass is 35.5. The van der Waals surface area contributed by atoms with Crippen LogP contribution in [0.1, 0.15) is 29.7 Å². The predicted octanol–water partition coefficient (Wildman–Crippen LogP) is 4.09. The van der Waals surface area contributed by atoms with Crippen molar-refractivity contribution < 1.29 is 27.9 Å². The minimum atomic E-state index is -3.83. The summed E-state index contributed by atoms with van der Waals surface area (Å²) in [6.45, 7) is -0.0444. The van der Waals surface area contributed by atoms with Crippen molar-refractivity contribution in [1.82, 2.24) is 9.88 Å². The molecule has 5 rings (SSSR count). The van der Waals surface area contributed by atoms with E-state index in [-0.39, 0.29) is 18.1 Å². The van der Waals surface area contributed by atoms with Gasteiger partial charge in [0.15, 0.2) is 0 Å². The monoisotopic (exact) mass is 575 g/mol. The van der Waals surface area contributed by atoms with Crippen molar-refractivity contribution in [2.24, 2.45) is 0 Å². The van der Waals surface area contributed by atoms with E-state index in [1.165, 1.54) is 15.4 Å². The second-order valence-electron chi connectivity index (χ2n) is 9.09. The van der Waals surface area contributed by atoms with Gasteiger partial charge in [0.1, 0.15) is 18.0 Å². The van der Waals surface area contributed by atoms with E-state index in [0.717, 1.165) is 0 Å². The molecule has 0 spiro atoms. The van der Waals surface area contributed by atoms with Crippen LogP contribution in [0.2, 0.25) is 10.0 Å². The summed E-state index contributed by atoms with van der Waals surface area (Å²) in [6.07, 6.45) is -1.24. The van der Waals surface area contributed by atoms with Gasteiger partial charge < -0.3 is 14.7 Å². The summed E-state index contributed by atoms with van der Waals surface area (Å²) >= 11 is 12.4. The average molecular weight is 576 g/mol. The third-order valence-electron chi connectivity index (χ3n) is 6.59. The highest BCUT2D eigenvalue weighted by Gasteiger charge is 2.51. The normalized spacial score (nSPS) is 24.9. The van der Waals surface area contributed by atoms with E-state index in [1.54, 1.807) is 66.7 Å². The van der Waals surface area contributed by atoms with Crippen molar-refractivity contribution in [3.63, 3.8) is 0 Å². The molecule has 2 aliphatic rings. The number of rotatable bonds is 6. The highest BCUT2D eigenvalue weighted by molar-refractivity contribution is 7.93. The van der Waals surface area contributed by atoms with E-state index in [4.69, 9.17) is 27.9 Å². The molecule has 12 heteroatoms. The lowest BCUT2D eigenvalue weighted by atomic mass is 9.90. The highest BCUT2D eigenvalue weighted by Crippen LogP contribution is 2.45. The maximum absolute atomic E-state index is 13.9. The minimum Gasteiger partial charge on any atom is -0.481 e. The van der Waals surface area contributed by atoms with Gasteiger partial charge in [0.05, 0.1) is 30.8 Å². The van der Waals surface area contributed by atoms with Crippen LogP contribution in [-0.2, 0) is 24.3 Å². The van der Waals surface area contributed by atoms with Crippen LogP contribution in [0, 0.1) is 0 Å². The Kier molecular flexibility index (Phi) is 7.32. The van der Waals surface area contributed by atoms with Crippen LogP contribution in [0.25, 0.3) is 0 Å². The van der Waals surface area contributed by atoms with Gasteiger partial charge in [-0.2, -0.15) is 0 Å². The van der Waals surface area contributed by atoms with E-state index in [1.807, 2.05) is 0 Å². The Hall–Kier alpha value is -3.18. The van der Waals surface area contributed by atoms with E-state index >= 15 is 0 Å². The number of carboxylic acids is 1. The number of anilines is 1. The van der Waals surface area contributed by atoms with Crippen LogP contribution < -0.4 is 4.31 Å². The van der Waals surface area contributed by atoms with Crippen LogP contribution in [-0.4, -0.2) is 59.7 Å². The standard InChI is InChI=1S/C26H23Cl2N3O6S/c27-18-9-7-16(8-10-18)24-25(17-4-3-5-19(28)12-17)37-21(13-23(32)33)26(34)31(24)20-14-30(38(35,36)15-20)22-6-1-2-11-29-22/h1-12,20-21,24-25H,13-15H2,(H,32,33)/t20-,21-,24-,25-/m1/s1. The van der Waals surface area contributed by atoms with Crippen LogP contribution >= 0.6 is 23.2 Å². The Morgan fingerprint density at radius 3 is 2.45 bits per heavy atom. The zero-order valence-electron chi connectivity index (χ0n) is 19.9. The molecule has 0 saturated carbocycles. The predicted molar refractivity (Wildman–Crippen MR) is 142 cm³/mol. The Bertz CT molecular complexity index is 1460. The number of pyridine rings is 1. The number of halogens is 2. The molecule has 3 aromatic rings. The van der Waals surface area contributed by atoms with E-state index in [9.17, 15) is 23.1 Å². The van der Waals surface area contributed by atoms with E-state index in [0.29, 0.717) is 21.2 Å². The number of nitrogens with zero attached hydrogens (tertiary/aromatic N) is 3. The quantitative estimate of drug-likeness (QED) is 0.470. The number of morpholine rings is 1. The maximum atomic E-state index is 13.9. The fraction of sp³-hybridized carbons (Fsp3) is 0.269. The van der Waals surface area contributed by atoms with Gasteiger partial charge in [-0.3, -0.25) is 13.9 Å². The van der Waals surface area contributed by atoms with Gasteiger partial charge >= 0.3 is 5.97 Å². The van der Waals surface area contributed by atoms with Crippen molar-refractivity contribution in [1.29, 1.82) is 0 Å². The molecule has 0 bridgehead atoms. The SMILES string of the molecule is O=C(O)C[C@H]1O[C@H](c2cccc(Cl)c2)[C@@H](c2ccc(Cl)cc2)N([C@@H]2CN(c3ccccn3)S(=O)(=O)C2)C1=O. The summed E-state index contributed by atoms with van der Waals surface area (Å²) in [6, 6.07) is 17.1. The Balaban J connectivity index is 1.63. The number of ether oxygens (including phenoxy) is 1. The molecule has 3 heterocycles. The summed E-state index contributed by atoms with van der Waals surface area (Å²) in [4.78, 5) is 31.2. The molecule has 2 aromatic carbocycles. The fourth-order valence-corrected chi connectivity index (χ4v) is 7.05. The van der Waals surface area contributed by atoms with Crippen LogP contribution in [0.15, 0.2) is 72.9 Å². The van der Waals surface area contributed by atoms with E-state index in [2.05, 4.69) is 4.98 Å². The van der Waals surface area contributed by atoms with Gasteiger partial charge in [-0.25, -0.2) is 13.4 Å². The zero-order chi connectivity index (χ0) is 27.0. The Labute approximate surface area is 229 Å². The van der Waals surface area contributed by atoms with Gasteiger partial charge in [-0.15, -0.1) is 0 Å². The summed E-state index contributed by atoms with van der Waals surface area (Å²) in [5, 5.41) is 10.4. The molecular formula is C26H23Cl2N3O6S. The zero-order valence-corrected chi connectivity index (χ0v) is 22.2. The molecule has 1 N–H and O–H groups in total. The van der Waals surface area contributed by atoms with Crippen molar-refractivity contribution in [2.45, 2.75) is 30.7 Å². The number of amides is 1. The smallest absolute Gasteiger partial charge is 0.306 e. The number of carbonyl (C=O) groups is 2. The molecular weight excluding hydrogens is 553 g/mol. The lowest BCUT2D eigenvalue weighted by Gasteiger charge is -2.47. The Morgan fingerprint density at radius 1 is 1.03 bits per heavy atom. The second-order valence-corrected chi connectivity index (χ2v) is 11.9. The number of aliphatic carboxylic acids is 1. The molecule has 2 saturated heterocycles. The maximum Gasteiger partial charge on any atom is 0.306 e. The van der Waals surface area contributed by atoms with Crippen LogP contribution in [0.5, 0.6) is 0 Å². The van der Waals surface area contributed by atoms with Crippen molar-refractivity contribution >= 4 is 50.9 Å². The van der Waals surface area contributed by atoms with Crippen LogP contribution in [0.3, 0.4) is 0 Å². The summed E-state index contributed by atoms with van der Waals surface area (Å²) in [7, 11) is -3.83. The van der Waals surface area contributed by atoms with Crippen molar-refractivity contribution in [3.05, 3.63) is 94.1 Å². The molecule has 2 aliphatic heterocycles. The van der Waals surface area contributed by atoms with Crippen LogP contribution in [0.4, 0.5) is 5.82 Å². The lowest BCUT2D eigenvalue weighted by Crippen LogP contribution is -2.56. The minimum absolute atomic E-state index is 0.0444. The fourth-order valence-electron chi connectivity index (χ4n) is 5.00. The first-order chi connectivity index (χ1) is 18.1. The molecule has 1 amide bonds. The first kappa shape index (κ1) is 26.4. The first-order valence-corrected chi connectivity index (χ1v) is 14.1. The molecule has 0 aliphatic carbocycles. The lowest BCUT2D eigenvalue weighted by molar-refractivity contribution is -0.182. The molecule has 2 fully saturated rings. The van der Waals surface area contributed by atoms with Gasteiger partial charge in [-0.05, 0) is 47.5 Å². The number of carbonyl (C=O) groups excluding carboxylic acids is 1. The molecule has 38 heavy (non-hydrogen) atoms. The van der Waals surface area contributed by atoms with Crippen molar-refractivity contribution in [3.8, 4) is 0 Å². The molecule has 4 atom stereocenters. The number of carboxylic acid groups (broad SMARTS) is 1. The third kappa shape index (κ3) is 5.22. The number of hydrogen-bond acceptors (Lipinski definition) is 6. The summed E-state index contributed by atoms with van der Waals surface area (Å²) < 4.78 is 33.8. The third-order valence-corrected chi connectivity index (χ3v) is 8.89. The van der Waals surface area contributed by atoms with Gasteiger partial charge in [0, 0.05) is 16.2 Å². The molecule has 198 valence electrons. The molecule has 1 aromatic heterocycles. The van der Waals surface area contributed by atoms with E-state index < -0.39 is 52.6 Å². The number of sulfonamides is 1. The number of benzene rings is 2. The molecule has 0 unspecified atom stereocenters. The Morgan fingerprint density at radius 2 is 1.79 bits per heavy atom.